The minimum Gasteiger partial charge on any atom is -0.406 e. The molecule has 4 aromatic rings. The molecule has 4 rings (SSSR count). The maximum absolute atomic E-state index is 12.9. The highest BCUT2D eigenvalue weighted by molar-refractivity contribution is 7.13. The number of fused-ring (bicyclic) bond motifs is 1. The number of carbonyl (C=O) groups is 1. The zero-order valence-corrected chi connectivity index (χ0v) is 16.8. The molecule has 0 atom stereocenters. The number of thiazole rings is 1. The molecule has 11 heteroatoms. The fourth-order valence-corrected chi connectivity index (χ4v) is 3.64. The monoisotopic (exact) mass is 430 g/mol. The van der Waals surface area contributed by atoms with Gasteiger partial charge in [-0.3, -0.25) is 9.66 Å². The second kappa shape index (κ2) is 8.11. The molecule has 30 heavy (non-hydrogen) atoms. The first-order valence-electron chi connectivity index (χ1n) is 8.88. The second-order valence-corrected chi connectivity index (χ2v) is 7.31. The zero-order valence-electron chi connectivity index (χ0n) is 16.0. The number of nitrogens with zero attached hydrogens (tertiary/aromatic N) is 5. The van der Waals surface area contributed by atoms with E-state index in [0.29, 0.717) is 33.0 Å². The Morgan fingerprint density at radius 3 is 2.83 bits per heavy atom. The van der Waals surface area contributed by atoms with Crippen molar-refractivity contribution in [2.45, 2.75) is 26.7 Å². The lowest BCUT2D eigenvalue weighted by Gasteiger charge is -2.10. The molecule has 0 radical (unpaired) electrons. The molecule has 0 saturated heterocycles. The summed E-state index contributed by atoms with van der Waals surface area (Å²) in [5.74, 6) is 0.615. The molecule has 4 heterocycles. The topological polar surface area (TPSA) is 94.8 Å². The van der Waals surface area contributed by atoms with Crippen LogP contribution in [0.2, 0.25) is 0 Å². The molecule has 1 N–H and O–H groups in total. The average molecular weight is 430 g/mol. The van der Waals surface area contributed by atoms with Crippen LogP contribution in [-0.2, 0) is 6.42 Å². The molecular weight excluding hydrogens is 414 g/mol. The lowest BCUT2D eigenvalue weighted by atomic mass is 10.1. The van der Waals surface area contributed by atoms with E-state index in [-0.39, 0.29) is 5.75 Å². The first kappa shape index (κ1) is 19.8. The highest BCUT2D eigenvalue weighted by Gasteiger charge is 2.16. The highest BCUT2D eigenvalue weighted by Crippen LogP contribution is 2.24. The molecule has 0 bridgehead atoms. The van der Waals surface area contributed by atoms with Crippen LogP contribution < -0.4 is 10.2 Å². The molecule has 0 aliphatic heterocycles. The molecule has 0 aliphatic carbocycles. The Hall–Kier alpha value is -3.47. The molecule has 0 saturated carbocycles. The Balaban J connectivity index is 1.53. The van der Waals surface area contributed by atoms with Crippen LogP contribution in [0, 0.1) is 13.8 Å². The number of aromatic nitrogens is 5. The number of nitrogens with one attached hydrogen (secondary N) is 1. The van der Waals surface area contributed by atoms with Crippen molar-refractivity contribution in [2.75, 3.05) is 5.43 Å². The van der Waals surface area contributed by atoms with Crippen LogP contribution in [0.25, 0.3) is 21.7 Å². The number of hydrogen-bond acceptors (Lipinski definition) is 7. The van der Waals surface area contributed by atoms with E-state index in [2.05, 4.69) is 25.4 Å². The number of ether oxygens (including phenoxy) is 1. The SMILES string of the molecule is Cc1csc(-c2ncc(OC(=O)Nn3cc(CC(F)F)c4ccncc43)c(C)n2)n1. The van der Waals surface area contributed by atoms with Gasteiger partial charge in [0.1, 0.15) is 0 Å². The number of alkyl halides is 2. The predicted molar refractivity (Wildman–Crippen MR) is 107 cm³/mol. The van der Waals surface area contributed by atoms with Crippen molar-refractivity contribution in [3.8, 4) is 16.6 Å². The van der Waals surface area contributed by atoms with E-state index in [1.807, 2.05) is 12.3 Å². The molecule has 0 aliphatic rings. The van der Waals surface area contributed by atoms with Gasteiger partial charge in [0.2, 0.25) is 6.43 Å². The van der Waals surface area contributed by atoms with E-state index in [1.165, 1.54) is 40.8 Å². The molecular formula is C19H16F2N6O2S. The van der Waals surface area contributed by atoms with Gasteiger partial charge in [-0.1, -0.05) is 0 Å². The number of carbonyl (C=O) groups excluding carboxylic acids is 1. The van der Waals surface area contributed by atoms with E-state index in [1.54, 1.807) is 13.0 Å². The van der Waals surface area contributed by atoms with Gasteiger partial charge in [0, 0.05) is 35.3 Å². The summed E-state index contributed by atoms with van der Waals surface area (Å²) < 4.78 is 32.3. The van der Waals surface area contributed by atoms with Crippen LogP contribution in [-0.4, -0.2) is 37.1 Å². The number of pyridine rings is 1. The van der Waals surface area contributed by atoms with Crippen molar-refractivity contribution in [2.24, 2.45) is 0 Å². The smallest absolute Gasteiger partial charge is 0.406 e. The maximum atomic E-state index is 12.9. The Bertz CT molecular complexity index is 1220. The van der Waals surface area contributed by atoms with Crippen molar-refractivity contribution in [1.29, 1.82) is 0 Å². The van der Waals surface area contributed by atoms with Gasteiger partial charge in [0.05, 0.1) is 23.6 Å². The minimum atomic E-state index is -2.51. The molecule has 0 spiro atoms. The number of aryl methyl sites for hydroxylation is 2. The summed E-state index contributed by atoms with van der Waals surface area (Å²) in [5.41, 5.74) is 4.71. The van der Waals surface area contributed by atoms with Gasteiger partial charge in [-0.2, -0.15) is 0 Å². The highest BCUT2D eigenvalue weighted by atomic mass is 32.1. The molecule has 0 fully saturated rings. The molecule has 1 amide bonds. The van der Waals surface area contributed by atoms with E-state index in [4.69, 9.17) is 4.74 Å². The van der Waals surface area contributed by atoms with Crippen molar-refractivity contribution in [1.82, 2.24) is 24.6 Å². The zero-order chi connectivity index (χ0) is 21.3. The quantitative estimate of drug-likeness (QED) is 0.512. The Morgan fingerprint density at radius 1 is 1.30 bits per heavy atom. The normalized spacial score (nSPS) is 11.2. The third-order valence-corrected chi connectivity index (χ3v) is 5.18. The summed E-state index contributed by atoms with van der Waals surface area (Å²) in [5, 5.41) is 3.14. The molecule has 4 aromatic heterocycles. The molecule has 0 unspecified atom stereocenters. The van der Waals surface area contributed by atoms with Gasteiger partial charge in [0.25, 0.3) is 0 Å². The predicted octanol–water partition coefficient (Wildman–Crippen LogP) is 4.12. The largest absolute Gasteiger partial charge is 0.432 e. The minimum absolute atomic E-state index is 0.173. The van der Waals surface area contributed by atoms with E-state index < -0.39 is 18.9 Å². The fourth-order valence-electron chi connectivity index (χ4n) is 2.90. The van der Waals surface area contributed by atoms with Gasteiger partial charge in [-0.15, -0.1) is 11.3 Å². The van der Waals surface area contributed by atoms with E-state index in [9.17, 15) is 13.6 Å². The lowest BCUT2D eigenvalue weighted by molar-refractivity contribution is 0.149. The second-order valence-electron chi connectivity index (χ2n) is 6.45. The van der Waals surface area contributed by atoms with Gasteiger partial charge >= 0.3 is 6.09 Å². The third kappa shape index (κ3) is 4.10. The Kier molecular flexibility index (Phi) is 5.36. The summed E-state index contributed by atoms with van der Waals surface area (Å²) in [6, 6.07) is 1.62. The summed E-state index contributed by atoms with van der Waals surface area (Å²) in [7, 11) is 0. The van der Waals surface area contributed by atoms with Crippen LogP contribution in [0.15, 0.2) is 36.2 Å². The molecule has 0 aromatic carbocycles. The summed E-state index contributed by atoms with van der Waals surface area (Å²) in [6.07, 6.45) is 2.04. The van der Waals surface area contributed by atoms with Gasteiger partial charge in [-0.05, 0) is 25.5 Å². The van der Waals surface area contributed by atoms with Gasteiger partial charge in [0.15, 0.2) is 16.6 Å². The number of halogens is 2. The third-order valence-electron chi connectivity index (χ3n) is 4.22. The van der Waals surface area contributed by atoms with Crippen LogP contribution in [0.3, 0.4) is 0 Å². The summed E-state index contributed by atoms with van der Waals surface area (Å²) in [4.78, 5) is 29.2. The van der Waals surface area contributed by atoms with Crippen LogP contribution in [0.1, 0.15) is 17.0 Å². The van der Waals surface area contributed by atoms with Crippen molar-refractivity contribution >= 4 is 28.3 Å². The van der Waals surface area contributed by atoms with Crippen LogP contribution >= 0.6 is 11.3 Å². The Labute approximate surface area is 173 Å². The number of rotatable bonds is 5. The summed E-state index contributed by atoms with van der Waals surface area (Å²) >= 11 is 1.42. The van der Waals surface area contributed by atoms with Crippen LogP contribution in [0.5, 0.6) is 5.75 Å². The lowest BCUT2D eigenvalue weighted by Crippen LogP contribution is -2.25. The number of hydrogen-bond donors (Lipinski definition) is 1. The van der Waals surface area contributed by atoms with Gasteiger partial charge in [-0.25, -0.2) is 34.0 Å². The fraction of sp³-hybridized carbons (Fsp3) is 0.211. The maximum Gasteiger partial charge on any atom is 0.432 e. The van der Waals surface area contributed by atoms with E-state index >= 15 is 0 Å². The molecule has 154 valence electrons. The van der Waals surface area contributed by atoms with Crippen molar-refractivity contribution in [3.63, 3.8) is 0 Å². The Morgan fingerprint density at radius 2 is 2.13 bits per heavy atom. The van der Waals surface area contributed by atoms with E-state index in [0.717, 1.165) is 5.69 Å². The molecule has 8 nitrogen and oxygen atoms in total. The average Bonchev–Trinajstić information content (AvgIpc) is 3.27. The van der Waals surface area contributed by atoms with Crippen molar-refractivity contribution < 1.29 is 18.3 Å². The van der Waals surface area contributed by atoms with Crippen LogP contribution in [0.4, 0.5) is 13.6 Å². The van der Waals surface area contributed by atoms with Crippen molar-refractivity contribution in [3.05, 3.63) is 53.2 Å². The summed E-state index contributed by atoms with van der Waals surface area (Å²) in [6.45, 7) is 3.56. The van der Waals surface area contributed by atoms with Gasteiger partial charge < -0.3 is 4.74 Å². The number of amides is 1. The first-order valence-corrected chi connectivity index (χ1v) is 9.75. The first-order chi connectivity index (χ1) is 14.4. The standard InChI is InChI=1S/C19H16F2N6O2S/c1-10-9-30-18(24-10)17-23-7-15(11(2)25-17)29-19(28)26-27-8-12(5-16(20)21)13-3-4-22-6-14(13)27/h3-4,6-9,16H,5H2,1-2H3,(H,26,28).